The Morgan fingerprint density at radius 3 is 2.75 bits per heavy atom. The van der Waals surface area contributed by atoms with Crippen LogP contribution in [0.25, 0.3) is 0 Å². The first-order valence-corrected chi connectivity index (χ1v) is 6.60. The molecule has 3 heteroatoms. The van der Waals surface area contributed by atoms with Gasteiger partial charge in [0.1, 0.15) is 0 Å². The maximum atomic E-state index is 5.77. The van der Waals surface area contributed by atoms with Crippen molar-refractivity contribution < 1.29 is 0 Å². The van der Waals surface area contributed by atoms with Crippen molar-refractivity contribution in [1.82, 2.24) is 0 Å². The molecule has 0 amide bonds. The van der Waals surface area contributed by atoms with Crippen molar-refractivity contribution in [2.75, 3.05) is 18.5 Å². The topological polar surface area (TPSA) is 29.3 Å². The molecule has 2 atom stereocenters. The zero-order valence-electron chi connectivity index (χ0n) is 9.91. The maximum Gasteiger partial charge on any atom is 0.0420 e. The first-order chi connectivity index (χ1) is 7.61. The number of hydrogen-bond donors (Lipinski definition) is 1. The minimum atomic E-state index is 0.604. The molecule has 0 saturated heterocycles. The highest BCUT2D eigenvalue weighted by molar-refractivity contribution is 9.10. The van der Waals surface area contributed by atoms with Crippen LogP contribution >= 0.6 is 15.9 Å². The van der Waals surface area contributed by atoms with Crippen LogP contribution in [0, 0.1) is 11.8 Å². The van der Waals surface area contributed by atoms with Gasteiger partial charge in [-0.15, -0.1) is 0 Å². The van der Waals surface area contributed by atoms with Gasteiger partial charge in [0, 0.05) is 30.3 Å². The summed E-state index contributed by atoms with van der Waals surface area (Å²) >= 11 is 3.52. The summed E-state index contributed by atoms with van der Waals surface area (Å²) in [6.45, 7) is 4.07. The molecular weight excluding hydrogens is 264 g/mol. The quantitative estimate of drug-likeness (QED) is 0.920. The van der Waals surface area contributed by atoms with E-state index in [4.69, 9.17) is 5.73 Å². The lowest BCUT2D eigenvalue weighted by Crippen LogP contribution is -2.22. The summed E-state index contributed by atoms with van der Waals surface area (Å²) in [5, 5.41) is 0. The number of halogens is 1. The third-order valence-corrected chi connectivity index (χ3v) is 3.96. The Balaban J connectivity index is 2.13. The molecule has 0 aliphatic heterocycles. The van der Waals surface area contributed by atoms with Crippen LogP contribution in [0.4, 0.5) is 5.69 Å². The van der Waals surface area contributed by atoms with E-state index in [-0.39, 0.29) is 0 Å². The number of nitrogens with zero attached hydrogens (tertiary/aromatic N) is 1. The van der Waals surface area contributed by atoms with Gasteiger partial charge in [0.15, 0.2) is 0 Å². The molecule has 0 spiro atoms. The molecule has 0 bridgehead atoms. The molecule has 2 nitrogen and oxygen atoms in total. The molecule has 0 heterocycles. The van der Waals surface area contributed by atoms with Crippen LogP contribution in [-0.4, -0.2) is 13.6 Å². The van der Waals surface area contributed by atoms with Crippen molar-refractivity contribution in [2.45, 2.75) is 19.9 Å². The van der Waals surface area contributed by atoms with Gasteiger partial charge in [-0.3, -0.25) is 0 Å². The average molecular weight is 283 g/mol. The summed E-state index contributed by atoms with van der Waals surface area (Å²) in [5.41, 5.74) is 8.25. The van der Waals surface area contributed by atoms with Crippen molar-refractivity contribution in [3.8, 4) is 0 Å². The van der Waals surface area contributed by atoms with Crippen molar-refractivity contribution in [1.29, 1.82) is 0 Å². The molecule has 2 rings (SSSR count). The van der Waals surface area contributed by atoms with Crippen LogP contribution in [-0.2, 0) is 6.54 Å². The molecule has 1 aromatic rings. The smallest absolute Gasteiger partial charge is 0.0420 e. The molecule has 0 aromatic heterocycles. The Kier molecular flexibility index (Phi) is 3.55. The van der Waals surface area contributed by atoms with Crippen molar-refractivity contribution in [2.24, 2.45) is 17.6 Å². The Bertz CT molecular complexity index is 378. The van der Waals surface area contributed by atoms with Crippen LogP contribution in [0.15, 0.2) is 22.7 Å². The van der Waals surface area contributed by atoms with E-state index in [1.807, 2.05) is 0 Å². The first kappa shape index (κ1) is 11.9. The summed E-state index contributed by atoms with van der Waals surface area (Å²) < 4.78 is 1.12. The highest BCUT2D eigenvalue weighted by atomic mass is 79.9. The van der Waals surface area contributed by atoms with Crippen LogP contribution in [0.1, 0.15) is 18.9 Å². The molecule has 16 heavy (non-hydrogen) atoms. The van der Waals surface area contributed by atoms with E-state index < -0.39 is 0 Å². The van der Waals surface area contributed by atoms with E-state index in [0.717, 1.165) is 22.9 Å². The largest absolute Gasteiger partial charge is 0.374 e. The monoisotopic (exact) mass is 282 g/mol. The normalized spacial score (nSPS) is 23.2. The van der Waals surface area contributed by atoms with Gasteiger partial charge in [-0.2, -0.15) is 0 Å². The van der Waals surface area contributed by atoms with E-state index in [2.05, 4.69) is 53.0 Å². The summed E-state index contributed by atoms with van der Waals surface area (Å²) in [6, 6.07) is 6.32. The lowest BCUT2D eigenvalue weighted by molar-refractivity contribution is 0.723. The number of benzene rings is 1. The second kappa shape index (κ2) is 4.76. The second-order valence-electron chi connectivity index (χ2n) is 4.83. The molecule has 1 saturated carbocycles. The summed E-state index contributed by atoms with van der Waals surface area (Å²) in [5.74, 6) is 1.77. The predicted molar refractivity (Wildman–Crippen MR) is 72.6 cm³/mol. The van der Waals surface area contributed by atoms with E-state index in [9.17, 15) is 0 Å². The lowest BCUT2D eigenvalue weighted by Gasteiger charge is -2.22. The highest BCUT2D eigenvalue weighted by Crippen LogP contribution is 2.39. The van der Waals surface area contributed by atoms with Gasteiger partial charge < -0.3 is 10.6 Å². The van der Waals surface area contributed by atoms with Crippen LogP contribution in [0.2, 0.25) is 0 Å². The molecule has 1 aromatic carbocycles. The van der Waals surface area contributed by atoms with Gasteiger partial charge in [-0.25, -0.2) is 0 Å². The van der Waals surface area contributed by atoms with Gasteiger partial charge in [0.05, 0.1) is 0 Å². The summed E-state index contributed by atoms with van der Waals surface area (Å²) in [4.78, 5) is 2.33. The zero-order chi connectivity index (χ0) is 11.7. The molecule has 1 aliphatic rings. The SMILES string of the molecule is CC1CC1CN(C)c1cc(Br)ccc1CN. The van der Waals surface area contributed by atoms with Crippen LogP contribution in [0.5, 0.6) is 0 Å². The third kappa shape index (κ3) is 2.58. The fourth-order valence-corrected chi connectivity index (χ4v) is 2.52. The van der Waals surface area contributed by atoms with Crippen molar-refractivity contribution >= 4 is 21.6 Å². The molecule has 1 fully saturated rings. The number of nitrogens with two attached hydrogens (primary N) is 1. The molecule has 2 N–H and O–H groups in total. The van der Waals surface area contributed by atoms with Gasteiger partial charge in [-0.1, -0.05) is 28.9 Å². The third-order valence-electron chi connectivity index (χ3n) is 3.46. The summed E-state index contributed by atoms with van der Waals surface area (Å²) in [7, 11) is 2.16. The Labute approximate surface area is 106 Å². The fourth-order valence-electron chi connectivity index (χ4n) is 2.17. The van der Waals surface area contributed by atoms with E-state index >= 15 is 0 Å². The standard InChI is InChI=1S/C13H19BrN2/c1-9-5-11(9)8-16(2)13-6-12(14)4-3-10(13)7-15/h3-4,6,9,11H,5,7-8,15H2,1-2H3. The molecule has 1 aliphatic carbocycles. The number of hydrogen-bond acceptors (Lipinski definition) is 2. The highest BCUT2D eigenvalue weighted by Gasteiger charge is 2.33. The van der Waals surface area contributed by atoms with Crippen LogP contribution < -0.4 is 10.6 Å². The predicted octanol–water partition coefficient (Wildman–Crippen LogP) is 3.00. The Morgan fingerprint density at radius 2 is 2.19 bits per heavy atom. The Hall–Kier alpha value is -0.540. The van der Waals surface area contributed by atoms with Gasteiger partial charge in [0.25, 0.3) is 0 Å². The van der Waals surface area contributed by atoms with Gasteiger partial charge in [-0.05, 0) is 36.0 Å². The lowest BCUT2D eigenvalue weighted by atomic mass is 10.1. The molecular formula is C13H19BrN2. The average Bonchev–Trinajstić information content (AvgIpc) is 2.94. The minimum absolute atomic E-state index is 0.604. The van der Waals surface area contributed by atoms with Gasteiger partial charge in [0.2, 0.25) is 0 Å². The van der Waals surface area contributed by atoms with Crippen LogP contribution in [0.3, 0.4) is 0 Å². The molecule has 88 valence electrons. The number of rotatable bonds is 4. The van der Waals surface area contributed by atoms with Gasteiger partial charge >= 0.3 is 0 Å². The zero-order valence-corrected chi connectivity index (χ0v) is 11.5. The van der Waals surface area contributed by atoms with Crippen molar-refractivity contribution in [3.05, 3.63) is 28.2 Å². The minimum Gasteiger partial charge on any atom is -0.374 e. The molecule has 0 radical (unpaired) electrons. The van der Waals surface area contributed by atoms with E-state index in [0.29, 0.717) is 6.54 Å². The fraction of sp³-hybridized carbons (Fsp3) is 0.538. The van der Waals surface area contributed by atoms with E-state index in [1.54, 1.807) is 0 Å². The number of anilines is 1. The summed E-state index contributed by atoms with van der Waals surface area (Å²) in [6.07, 6.45) is 1.37. The molecule has 2 unspecified atom stereocenters. The maximum absolute atomic E-state index is 5.77. The second-order valence-corrected chi connectivity index (χ2v) is 5.75. The van der Waals surface area contributed by atoms with E-state index in [1.165, 1.54) is 17.7 Å². The first-order valence-electron chi connectivity index (χ1n) is 5.81. The van der Waals surface area contributed by atoms with Crippen molar-refractivity contribution in [3.63, 3.8) is 0 Å². The Morgan fingerprint density at radius 1 is 1.50 bits per heavy atom.